The van der Waals surface area contributed by atoms with Gasteiger partial charge in [-0.2, -0.15) is 0 Å². The van der Waals surface area contributed by atoms with Gasteiger partial charge in [0.05, 0.1) is 5.92 Å². The van der Waals surface area contributed by atoms with Crippen molar-refractivity contribution in [1.29, 1.82) is 0 Å². The Labute approximate surface area is 92.4 Å². The number of hydrogen-bond acceptors (Lipinski definition) is 1. The van der Waals surface area contributed by atoms with Gasteiger partial charge in [0.15, 0.2) is 0 Å². The molecular formula is C13H22O2. The van der Waals surface area contributed by atoms with E-state index >= 15 is 0 Å². The van der Waals surface area contributed by atoms with E-state index in [0.29, 0.717) is 0 Å². The normalized spacial score (nSPS) is 21.6. The first-order chi connectivity index (χ1) is 7.30. The lowest BCUT2D eigenvalue weighted by atomic mass is 9.90. The number of carboxylic acid groups (broad SMARTS) is 1. The van der Waals surface area contributed by atoms with E-state index in [0.717, 1.165) is 25.7 Å². The molecule has 2 nitrogen and oxygen atoms in total. The van der Waals surface area contributed by atoms with Crippen LogP contribution >= 0.6 is 0 Å². The Morgan fingerprint density at radius 1 is 0.933 bits per heavy atom. The monoisotopic (exact) mass is 210 g/mol. The van der Waals surface area contributed by atoms with Crippen molar-refractivity contribution in [2.45, 2.75) is 57.8 Å². The van der Waals surface area contributed by atoms with E-state index in [1.165, 1.54) is 32.1 Å². The van der Waals surface area contributed by atoms with E-state index in [9.17, 15) is 4.79 Å². The van der Waals surface area contributed by atoms with Crippen molar-refractivity contribution in [2.24, 2.45) is 5.92 Å². The molecule has 0 radical (unpaired) electrons. The van der Waals surface area contributed by atoms with Gasteiger partial charge < -0.3 is 5.11 Å². The molecule has 2 heteroatoms. The predicted octanol–water partition coefficient (Wildman–Crippen LogP) is 3.77. The smallest absolute Gasteiger partial charge is 0.306 e. The summed E-state index contributed by atoms with van der Waals surface area (Å²) in [5, 5.41) is 8.54. The van der Waals surface area contributed by atoms with Crippen LogP contribution in [0.1, 0.15) is 57.8 Å². The van der Waals surface area contributed by atoms with Crippen LogP contribution in [0.25, 0.3) is 0 Å². The lowest BCUT2D eigenvalue weighted by molar-refractivity contribution is -0.142. The second-order valence-electron chi connectivity index (χ2n) is 4.43. The second kappa shape index (κ2) is 7.49. The minimum absolute atomic E-state index is 0.0289. The average molecular weight is 210 g/mol. The molecule has 1 N–H and O–H groups in total. The Morgan fingerprint density at radius 3 is 1.73 bits per heavy atom. The van der Waals surface area contributed by atoms with E-state index in [4.69, 9.17) is 5.11 Å². The molecule has 0 unspecified atom stereocenters. The van der Waals surface area contributed by atoms with E-state index in [1.807, 2.05) is 0 Å². The van der Waals surface area contributed by atoms with Gasteiger partial charge in [-0.3, -0.25) is 4.79 Å². The molecule has 0 atom stereocenters. The molecule has 0 amide bonds. The molecule has 2 rings (SSSR count). The molecule has 0 aromatic heterocycles. The van der Waals surface area contributed by atoms with Gasteiger partial charge in [-0.1, -0.05) is 31.4 Å². The van der Waals surface area contributed by atoms with Gasteiger partial charge >= 0.3 is 5.97 Å². The number of rotatable bonds is 1. The molecule has 1 fully saturated rings. The summed E-state index contributed by atoms with van der Waals surface area (Å²) in [5.74, 6) is -0.631. The number of hydrogen-bond donors (Lipinski definition) is 1. The Bertz CT molecular complexity index is 195. The van der Waals surface area contributed by atoms with Gasteiger partial charge in [0.1, 0.15) is 0 Å². The van der Waals surface area contributed by atoms with Crippen LogP contribution in [0.5, 0.6) is 0 Å². The third kappa shape index (κ3) is 5.60. The number of allylic oxidation sites excluding steroid dienone is 2. The standard InChI is InChI=1S/C7H12O2.C6H10/c8-7(9)6-4-2-1-3-5-6;1-2-4-6-5-3-1/h6H,1-5H2,(H,8,9);1-2H,3-6H2. The highest BCUT2D eigenvalue weighted by Gasteiger charge is 2.19. The SMILES string of the molecule is C1=CCCCC1.O=C(O)C1CCCCC1. The molecule has 0 bridgehead atoms. The maximum atomic E-state index is 10.4. The molecule has 15 heavy (non-hydrogen) atoms. The maximum Gasteiger partial charge on any atom is 0.306 e. The van der Waals surface area contributed by atoms with Gasteiger partial charge in [-0.25, -0.2) is 0 Å². The van der Waals surface area contributed by atoms with Crippen molar-refractivity contribution < 1.29 is 9.90 Å². The summed E-state index contributed by atoms with van der Waals surface area (Å²) in [6, 6.07) is 0. The fraction of sp³-hybridized carbons (Fsp3) is 0.769. The van der Waals surface area contributed by atoms with Crippen LogP contribution in [0.4, 0.5) is 0 Å². The van der Waals surface area contributed by atoms with Crippen LogP contribution in [-0.2, 0) is 4.79 Å². The highest BCUT2D eigenvalue weighted by molar-refractivity contribution is 5.69. The first kappa shape index (κ1) is 12.3. The van der Waals surface area contributed by atoms with Crippen LogP contribution in [0.15, 0.2) is 12.2 Å². The molecule has 2 aliphatic carbocycles. The zero-order valence-corrected chi connectivity index (χ0v) is 9.45. The molecule has 0 aromatic carbocycles. The molecule has 1 saturated carbocycles. The molecule has 0 spiro atoms. The molecule has 0 aliphatic heterocycles. The summed E-state index contributed by atoms with van der Waals surface area (Å²) in [7, 11) is 0. The zero-order chi connectivity index (χ0) is 10.9. The number of carbonyl (C=O) groups is 1. The summed E-state index contributed by atoms with van der Waals surface area (Å²) in [5.41, 5.74) is 0. The largest absolute Gasteiger partial charge is 0.481 e. The van der Waals surface area contributed by atoms with Crippen molar-refractivity contribution in [3.8, 4) is 0 Å². The van der Waals surface area contributed by atoms with Crippen LogP contribution in [-0.4, -0.2) is 11.1 Å². The average Bonchev–Trinajstić information content (AvgIpc) is 2.33. The van der Waals surface area contributed by atoms with Crippen LogP contribution < -0.4 is 0 Å². The quantitative estimate of drug-likeness (QED) is 0.669. The summed E-state index contributed by atoms with van der Waals surface area (Å²) >= 11 is 0. The highest BCUT2D eigenvalue weighted by atomic mass is 16.4. The fourth-order valence-electron chi connectivity index (χ4n) is 2.11. The molecular weight excluding hydrogens is 188 g/mol. The van der Waals surface area contributed by atoms with Crippen LogP contribution in [0, 0.1) is 5.92 Å². The van der Waals surface area contributed by atoms with Crippen LogP contribution in [0.2, 0.25) is 0 Å². The lowest BCUT2D eigenvalue weighted by Crippen LogP contribution is -2.16. The van der Waals surface area contributed by atoms with Crippen molar-refractivity contribution in [1.82, 2.24) is 0 Å². The van der Waals surface area contributed by atoms with Gasteiger partial charge in [0, 0.05) is 0 Å². The Kier molecular flexibility index (Phi) is 6.14. The fourth-order valence-corrected chi connectivity index (χ4v) is 2.11. The lowest BCUT2D eigenvalue weighted by Gasteiger charge is -2.16. The first-order valence-electron chi connectivity index (χ1n) is 6.18. The van der Waals surface area contributed by atoms with E-state index in [1.54, 1.807) is 0 Å². The third-order valence-electron chi connectivity index (χ3n) is 3.11. The second-order valence-corrected chi connectivity index (χ2v) is 4.43. The number of aliphatic carboxylic acids is 1. The third-order valence-corrected chi connectivity index (χ3v) is 3.11. The van der Waals surface area contributed by atoms with Crippen molar-refractivity contribution >= 4 is 5.97 Å². The minimum Gasteiger partial charge on any atom is -0.481 e. The van der Waals surface area contributed by atoms with Gasteiger partial charge in [0.25, 0.3) is 0 Å². The van der Waals surface area contributed by atoms with Gasteiger partial charge in [-0.05, 0) is 38.5 Å². The van der Waals surface area contributed by atoms with Crippen molar-refractivity contribution in [3.05, 3.63) is 12.2 Å². The Balaban J connectivity index is 0.000000162. The van der Waals surface area contributed by atoms with Crippen molar-refractivity contribution in [2.75, 3.05) is 0 Å². The summed E-state index contributed by atoms with van der Waals surface area (Å²) in [6.07, 6.45) is 15.2. The Morgan fingerprint density at radius 2 is 1.47 bits per heavy atom. The molecule has 86 valence electrons. The Hall–Kier alpha value is -0.790. The molecule has 2 aliphatic rings. The molecule has 0 heterocycles. The predicted molar refractivity (Wildman–Crippen MR) is 61.8 cm³/mol. The highest BCUT2D eigenvalue weighted by Crippen LogP contribution is 2.23. The van der Waals surface area contributed by atoms with E-state index in [2.05, 4.69) is 12.2 Å². The zero-order valence-electron chi connectivity index (χ0n) is 9.45. The van der Waals surface area contributed by atoms with Crippen molar-refractivity contribution in [3.63, 3.8) is 0 Å². The minimum atomic E-state index is -0.602. The van der Waals surface area contributed by atoms with Crippen LogP contribution in [0.3, 0.4) is 0 Å². The van der Waals surface area contributed by atoms with Gasteiger partial charge in [-0.15, -0.1) is 0 Å². The summed E-state index contributed by atoms with van der Waals surface area (Å²) in [4.78, 5) is 10.4. The maximum absolute atomic E-state index is 10.4. The van der Waals surface area contributed by atoms with E-state index < -0.39 is 5.97 Å². The molecule has 0 aromatic rings. The number of carboxylic acids is 1. The summed E-state index contributed by atoms with van der Waals surface area (Å²) < 4.78 is 0. The van der Waals surface area contributed by atoms with E-state index in [-0.39, 0.29) is 5.92 Å². The molecule has 0 saturated heterocycles. The summed E-state index contributed by atoms with van der Waals surface area (Å²) in [6.45, 7) is 0. The topological polar surface area (TPSA) is 37.3 Å². The first-order valence-corrected chi connectivity index (χ1v) is 6.18. The van der Waals surface area contributed by atoms with Gasteiger partial charge in [0.2, 0.25) is 0 Å².